The van der Waals surface area contributed by atoms with Crippen LogP contribution in [0.5, 0.6) is 0 Å². The SMILES string of the molecule is C=CCCCCC(CCC=O)N1CCCCCC1. The van der Waals surface area contributed by atoms with Gasteiger partial charge in [0.1, 0.15) is 6.29 Å². The molecule has 18 heavy (non-hydrogen) atoms. The first-order valence-electron chi connectivity index (χ1n) is 7.67. The summed E-state index contributed by atoms with van der Waals surface area (Å²) in [6.07, 6.45) is 15.2. The van der Waals surface area contributed by atoms with Crippen LogP contribution in [0.2, 0.25) is 0 Å². The number of nitrogens with zero attached hydrogens (tertiary/aromatic N) is 1. The number of rotatable bonds is 9. The Balaban J connectivity index is 2.36. The van der Waals surface area contributed by atoms with Gasteiger partial charge in [-0.1, -0.05) is 25.3 Å². The van der Waals surface area contributed by atoms with Crippen molar-refractivity contribution in [3.8, 4) is 0 Å². The molecule has 1 rings (SSSR count). The molecule has 1 fully saturated rings. The lowest BCUT2D eigenvalue weighted by molar-refractivity contribution is -0.108. The van der Waals surface area contributed by atoms with Crippen molar-refractivity contribution in [1.29, 1.82) is 0 Å². The van der Waals surface area contributed by atoms with Crippen LogP contribution in [-0.4, -0.2) is 30.3 Å². The van der Waals surface area contributed by atoms with Crippen LogP contribution >= 0.6 is 0 Å². The molecule has 104 valence electrons. The molecule has 0 aliphatic carbocycles. The summed E-state index contributed by atoms with van der Waals surface area (Å²) in [5.41, 5.74) is 0. The predicted octanol–water partition coefficient (Wildman–Crippen LogP) is 3.96. The van der Waals surface area contributed by atoms with Gasteiger partial charge in [-0.05, 0) is 51.6 Å². The Kier molecular flexibility index (Phi) is 8.83. The molecular weight excluding hydrogens is 222 g/mol. The van der Waals surface area contributed by atoms with E-state index in [0.717, 1.165) is 25.5 Å². The van der Waals surface area contributed by atoms with Crippen LogP contribution in [0.1, 0.15) is 64.2 Å². The molecule has 0 spiro atoms. The fourth-order valence-corrected chi connectivity index (χ4v) is 2.90. The van der Waals surface area contributed by atoms with Crippen LogP contribution < -0.4 is 0 Å². The average molecular weight is 251 g/mol. The Morgan fingerprint density at radius 1 is 1.00 bits per heavy atom. The Hall–Kier alpha value is -0.630. The van der Waals surface area contributed by atoms with Gasteiger partial charge in [0.15, 0.2) is 0 Å². The van der Waals surface area contributed by atoms with Gasteiger partial charge in [-0.3, -0.25) is 0 Å². The first kappa shape index (κ1) is 15.4. The van der Waals surface area contributed by atoms with Crippen molar-refractivity contribution in [3.05, 3.63) is 12.7 Å². The maximum atomic E-state index is 10.6. The lowest BCUT2D eigenvalue weighted by Crippen LogP contribution is -2.36. The van der Waals surface area contributed by atoms with Gasteiger partial charge in [-0.15, -0.1) is 6.58 Å². The lowest BCUT2D eigenvalue weighted by atomic mass is 10.0. The number of hydrogen-bond acceptors (Lipinski definition) is 2. The lowest BCUT2D eigenvalue weighted by Gasteiger charge is -2.30. The summed E-state index contributed by atoms with van der Waals surface area (Å²) in [6.45, 7) is 6.25. The fourth-order valence-electron chi connectivity index (χ4n) is 2.90. The first-order valence-corrected chi connectivity index (χ1v) is 7.67. The quantitative estimate of drug-likeness (QED) is 0.351. The maximum absolute atomic E-state index is 10.6. The zero-order valence-electron chi connectivity index (χ0n) is 11.8. The van der Waals surface area contributed by atoms with Crippen LogP contribution in [0, 0.1) is 0 Å². The van der Waals surface area contributed by atoms with E-state index in [9.17, 15) is 4.79 Å². The molecule has 1 atom stereocenters. The van der Waals surface area contributed by atoms with Gasteiger partial charge in [0.05, 0.1) is 0 Å². The number of aldehydes is 1. The predicted molar refractivity (Wildman–Crippen MR) is 77.8 cm³/mol. The minimum atomic E-state index is 0.637. The van der Waals surface area contributed by atoms with Crippen LogP contribution in [0.3, 0.4) is 0 Å². The topological polar surface area (TPSA) is 20.3 Å². The second kappa shape index (κ2) is 10.3. The summed E-state index contributed by atoms with van der Waals surface area (Å²) < 4.78 is 0. The van der Waals surface area contributed by atoms with E-state index in [1.165, 1.54) is 58.0 Å². The molecule has 1 saturated heterocycles. The number of likely N-dealkylation sites (tertiary alicyclic amines) is 1. The minimum absolute atomic E-state index is 0.637. The summed E-state index contributed by atoms with van der Waals surface area (Å²) in [5.74, 6) is 0. The van der Waals surface area contributed by atoms with Crippen LogP contribution in [0.4, 0.5) is 0 Å². The Labute approximate surface area is 112 Å². The highest BCUT2D eigenvalue weighted by Crippen LogP contribution is 2.19. The fraction of sp³-hybridized carbons (Fsp3) is 0.812. The molecule has 0 aromatic carbocycles. The van der Waals surface area contributed by atoms with Gasteiger partial charge < -0.3 is 9.69 Å². The van der Waals surface area contributed by atoms with Gasteiger partial charge in [0.25, 0.3) is 0 Å². The van der Waals surface area contributed by atoms with Gasteiger partial charge in [0, 0.05) is 12.5 Å². The van der Waals surface area contributed by atoms with Crippen molar-refractivity contribution in [2.75, 3.05) is 13.1 Å². The zero-order chi connectivity index (χ0) is 13.1. The highest BCUT2D eigenvalue weighted by molar-refractivity contribution is 5.49. The Morgan fingerprint density at radius 3 is 2.33 bits per heavy atom. The van der Waals surface area contributed by atoms with E-state index in [1.807, 2.05) is 6.08 Å². The van der Waals surface area contributed by atoms with Gasteiger partial charge >= 0.3 is 0 Å². The van der Waals surface area contributed by atoms with E-state index in [1.54, 1.807) is 0 Å². The van der Waals surface area contributed by atoms with Crippen molar-refractivity contribution < 1.29 is 4.79 Å². The molecule has 2 heteroatoms. The number of unbranched alkanes of at least 4 members (excludes halogenated alkanes) is 2. The van der Waals surface area contributed by atoms with Gasteiger partial charge in [0.2, 0.25) is 0 Å². The van der Waals surface area contributed by atoms with Crippen molar-refractivity contribution in [2.24, 2.45) is 0 Å². The number of hydrogen-bond donors (Lipinski definition) is 0. The number of carbonyl (C=O) groups excluding carboxylic acids is 1. The molecule has 1 aliphatic heterocycles. The van der Waals surface area contributed by atoms with E-state index in [0.29, 0.717) is 6.04 Å². The Bertz CT molecular complexity index is 219. The molecule has 0 bridgehead atoms. The highest BCUT2D eigenvalue weighted by atomic mass is 16.1. The first-order chi connectivity index (χ1) is 8.88. The summed E-state index contributed by atoms with van der Waals surface area (Å²) in [5, 5.41) is 0. The summed E-state index contributed by atoms with van der Waals surface area (Å²) in [7, 11) is 0. The third-order valence-electron chi connectivity index (χ3n) is 3.97. The molecule has 1 unspecified atom stereocenters. The molecule has 1 heterocycles. The second-order valence-corrected chi connectivity index (χ2v) is 5.42. The summed E-state index contributed by atoms with van der Waals surface area (Å²) in [4.78, 5) is 13.2. The number of allylic oxidation sites excluding steroid dienone is 1. The van der Waals surface area contributed by atoms with Crippen LogP contribution in [0.15, 0.2) is 12.7 Å². The molecule has 0 aromatic heterocycles. The number of carbonyl (C=O) groups is 1. The van der Waals surface area contributed by atoms with E-state index >= 15 is 0 Å². The summed E-state index contributed by atoms with van der Waals surface area (Å²) >= 11 is 0. The third kappa shape index (κ3) is 6.34. The molecular formula is C16H29NO. The van der Waals surface area contributed by atoms with Gasteiger partial charge in [-0.25, -0.2) is 0 Å². The smallest absolute Gasteiger partial charge is 0.120 e. The minimum Gasteiger partial charge on any atom is -0.303 e. The molecule has 1 aliphatic rings. The summed E-state index contributed by atoms with van der Waals surface area (Å²) in [6, 6.07) is 0.637. The molecule has 0 saturated carbocycles. The van der Waals surface area contributed by atoms with E-state index < -0.39 is 0 Å². The highest BCUT2D eigenvalue weighted by Gasteiger charge is 2.18. The normalized spacial score (nSPS) is 19.1. The zero-order valence-corrected chi connectivity index (χ0v) is 11.8. The van der Waals surface area contributed by atoms with Crippen molar-refractivity contribution in [2.45, 2.75) is 70.3 Å². The van der Waals surface area contributed by atoms with Crippen LogP contribution in [-0.2, 0) is 4.79 Å². The monoisotopic (exact) mass is 251 g/mol. The van der Waals surface area contributed by atoms with Crippen LogP contribution in [0.25, 0.3) is 0 Å². The molecule has 0 radical (unpaired) electrons. The molecule has 0 amide bonds. The van der Waals surface area contributed by atoms with E-state index in [-0.39, 0.29) is 0 Å². The third-order valence-corrected chi connectivity index (χ3v) is 3.97. The standard InChI is InChI=1S/C16H29NO/c1-2-3-4-7-11-16(12-10-15-18)17-13-8-5-6-9-14-17/h2,15-16H,1,3-14H2. The van der Waals surface area contributed by atoms with Crippen molar-refractivity contribution in [3.63, 3.8) is 0 Å². The van der Waals surface area contributed by atoms with Crippen molar-refractivity contribution >= 4 is 6.29 Å². The van der Waals surface area contributed by atoms with E-state index in [2.05, 4.69) is 11.5 Å². The average Bonchev–Trinajstić information content (AvgIpc) is 2.67. The van der Waals surface area contributed by atoms with E-state index in [4.69, 9.17) is 0 Å². The van der Waals surface area contributed by atoms with Gasteiger partial charge in [-0.2, -0.15) is 0 Å². The maximum Gasteiger partial charge on any atom is 0.120 e. The molecule has 0 N–H and O–H groups in total. The van der Waals surface area contributed by atoms with Crippen molar-refractivity contribution in [1.82, 2.24) is 4.90 Å². The molecule has 0 aromatic rings. The largest absolute Gasteiger partial charge is 0.303 e. The second-order valence-electron chi connectivity index (χ2n) is 5.42. The molecule has 2 nitrogen and oxygen atoms in total. The Morgan fingerprint density at radius 2 is 1.72 bits per heavy atom.